The summed E-state index contributed by atoms with van der Waals surface area (Å²) in [5.74, 6) is 0.290. The van der Waals surface area contributed by atoms with Crippen LogP contribution in [0.5, 0.6) is 0 Å². The van der Waals surface area contributed by atoms with Gasteiger partial charge in [-0.25, -0.2) is 4.79 Å². The predicted molar refractivity (Wildman–Crippen MR) is 101 cm³/mol. The molecule has 1 saturated heterocycles. The minimum absolute atomic E-state index is 0.0946. The molecule has 1 fully saturated rings. The lowest BCUT2D eigenvalue weighted by molar-refractivity contribution is -0.131. The zero-order valence-electron chi connectivity index (χ0n) is 15.1. The number of carbonyl (C=O) groups excluding carboxylic acids is 2. The van der Waals surface area contributed by atoms with Crippen LogP contribution in [0.3, 0.4) is 0 Å². The summed E-state index contributed by atoms with van der Waals surface area (Å²) in [5.41, 5.74) is 0.448. The number of nitrogens with zero attached hydrogens (tertiary/aromatic N) is 3. The molecule has 8 heteroatoms. The Bertz CT molecular complexity index is 1040. The Morgan fingerprint density at radius 3 is 2.68 bits per heavy atom. The van der Waals surface area contributed by atoms with Gasteiger partial charge >= 0.3 is 6.03 Å². The molecule has 0 saturated carbocycles. The average molecular weight is 397 g/mol. The lowest BCUT2D eigenvalue weighted by Crippen LogP contribution is -2.40. The van der Waals surface area contributed by atoms with Crippen molar-refractivity contribution in [1.82, 2.24) is 20.4 Å². The molecule has 0 bridgehead atoms. The Hall–Kier alpha value is -3.19. The second-order valence-corrected chi connectivity index (χ2v) is 7.16. The number of benzene rings is 2. The van der Waals surface area contributed by atoms with Crippen LogP contribution in [0.1, 0.15) is 29.8 Å². The second kappa shape index (κ2) is 7.09. The summed E-state index contributed by atoms with van der Waals surface area (Å²) in [6, 6.07) is 16.1. The van der Waals surface area contributed by atoms with Crippen LogP contribution in [0.15, 0.2) is 59.1 Å². The van der Waals surface area contributed by atoms with Crippen LogP contribution in [0.2, 0.25) is 5.02 Å². The zero-order chi connectivity index (χ0) is 19.7. The van der Waals surface area contributed by atoms with E-state index in [1.165, 1.54) is 0 Å². The number of hydrogen-bond acceptors (Lipinski definition) is 5. The van der Waals surface area contributed by atoms with Gasteiger partial charge in [0.1, 0.15) is 12.1 Å². The van der Waals surface area contributed by atoms with Gasteiger partial charge in [-0.1, -0.05) is 59.2 Å². The van der Waals surface area contributed by atoms with Crippen molar-refractivity contribution in [2.24, 2.45) is 0 Å². The highest BCUT2D eigenvalue weighted by atomic mass is 35.5. The van der Waals surface area contributed by atoms with Crippen molar-refractivity contribution in [3.8, 4) is 0 Å². The van der Waals surface area contributed by atoms with Gasteiger partial charge in [-0.2, -0.15) is 4.98 Å². The smallest absolute Gasteiger partial charge is 0.325 e. The topological polar surface area (TPSA) is 88.3 Å². The molecule has 7 nitrogen and oxygen atoms in total. The Morgan fingerprint density at radius 2 is 1.93 bits per heavy atom. The van der Waals surface area contributed by atoms with Crippen molar-refractivity contribution in [1.29, 1.82) is 0 Å². The number of imide groups is 1. The van der Waals surface area contributed by atoms with E-state index in [0.717, 1.165) is 10.5 Å². The molecule has 4 rings (SSSR count). The van der Waals surface area contributed by atoms with Crippen molar-refractivity contribution in [3.05, 3.63) is 82.5 Å². The third kappa shape index (κ3) is 3.36. The number of amides is 3. The van der Waals surface area contributed by atoms with Gasteiger partial charge in [0.05, 0.1) is 0 Å². The van der Waals surface area contributed by atoms with Crippen molar-refractivity contribution < 1.29 is 14.1 Å². The van der Waals surface area contributed by atoms with Crippen molar-refractivity contribution in [2.75, 3.05) is 0 Å². The number of carbonyl (C=O) groups is 2. The van der Waals surface area contributed by atoms with Crippen LogP contribution in [0.25, 0.3) is 0 Å². The number of rotatable bonds is 5. The molecule has 1 atom stereocenters. The van der Waals surface area contributed by atoms with E-state index in [2.05, 4.69) is 15.5 Å². The molecular formula is C20H17ClN4O3. The Kier molecular flexibility index (Phi) is 4.60. The van der Waals surface area contributed by atoms with E-state index in [4.69, 9.17) is 16.1 Å². The maximum atomic E-state index is 13.0. The molecule has 28 heavy (non-hydrogen) atoms. The molecule has 2 aromatic carbocycles. The number of aromatic nitrogens is 2. The fourth-order valence-corrected chi connectivity index (χ4v) is 3.37. The second-order valence-electron chi connectivity index (χ2n) is 6.72. The van der Waals surface area contributed by atoms with E-state index < -0.39 is 17.5 Å². The van der Waals surface area contributed by atoms with E-state index in [1.54, 1.807) is 31.2 Å². The van der Waals surface area contributed by atoms with Gasteiger partial charge in [-0.05, 0) is 30.2 Å². The first-order valence-electron chi connectivity index (χ1n) is 8.71. The van der Waals surface area contributed by atoms with Gasteiger partial charge < -0.3 is 9.84 Å². The van der Waals surface area contributed by atoms with Crippen molar-refractivity contribution in [3.63, 3.8) is 0 Å². The maximum absolute atomic E-state index is 13.0. The molecule has 3 amide bonds. The molecule has 0 radical (unpaired) electrons. The molecule has 0 aliphatic carbocycles. The largest absolute Gasteiger partial charge is 0.337 e. The molecule has 3 aromatic rings. The Balaban J connectivity index is 1.51. The molecule has 0 spiro atoms. The van der Waals surface area contributed by atoms with E-state index in [1.807, 2.05) is 30.3 Å². The lowest BCUT2D eigenvalue weighted by atomic mass is 9.92. The Morgan fingerprint density at radius 1 is 1.14 bits per heavy atom. The van der Waals surface area contributed by atoms with Crippen LogP contribution < -0.4 is 5.32 Å². The monoisotopic (exact) mass is 396 g/mol. The number of urea groups is 1. The highest BCUT2D eigenvalue weighted by molar-refractivity contribution is 6.30. The molecule has 1 N–H and O–H groups in total. The molecule has 1 aliphatic heterocycles. The van der Waals surface area contributed by atoms with Crippen molar-refractivity contribution >= 4 is 23.5 Å². The van der Waals surface area contributed by atoms with Gasteiger partial charge in [0.25, 0.3) is 5.91 Å². The fraction of sp³-hybridized carbons (Fsp3) is 0.200. The standard InChI is InChI=1S/C20H17ClN4O3/c1-20(14-8-5-9-15(21)11-14)18(26)25(19(27)23-20)12-17-22-16(24-28-17)10-13-6-3-2-4-7-13/h2-9,11H,10,12H2,1H3,(H,23,27). The van der Waals surface area contributed by atoms with Crippen LogP contribution in [-0.2, 0) is 23.3 Å². The number of halogens is 1. The quantitative estimate of drug-likeness (QED) is 0.668. The van der Waals surface area contributed by atoms with Gasteiger partial charge in [-0.3, -0.25) is 9.69 Å². The van der Waals surface area contributed by atoms with Crippen LogP contribution in [-0.4, -0.2) is 27.0 Å². The average Bonchev–Trinajstić information content (AvgIpc) is 3.21. The summed E-state index contributed by atoms with van der Waals surface area (Å²) in [6.07, 6.45) is 0.505. The van der Waals surface area contributed by atoms with Crippen LogP contribution >= 0.6 is 11.6 Å². The van der Waals surface area contributed by atoms with E-state index in [0.29, 0.717) is 22.8 Å². The summed E-state index contributed by atoms with van der Waals surface area (Å²) in [6.45, 7) is 1.55. The molecular weight excluding hydrogens is 380 g/mol. The predicted octanol–water partition coefficient (Wildman–Crippen LogP) is 3.28. The molecule has 1 aliphatic rings. The zero-order valence-corrected chi connectivity index (χ0v) is 15.8. The fourth-order valence-electron chi connectivity index (χ4n) is 3.18. The third-order valence-electron chi connectivity index (χ3n) is 4.69. The number of nitrogens with one attached hydrogen (secondary N) is 1. The minimum atomic E-state index is -1.20. The molecule has 1 aromatic heterocycles. The van der Waals surface area contributed by atoms with Crippen LogP contribution in [0, 0.1) is 0 Å². The summed E-state index contributed by atoms with van der Waals surface area (Å²) < 4.78 is 5.23. The molecule has 2 heterocycles. The van der Waals surface area contributed by atoms with Gasteiger partial charge in [0.15, 0.2) is 5.82 Å². The van der Waals surface area contributed by atoms with E-state index in [9.17, 15) is 9.59 Å². The highest BCUT2D eigenvalue weighted by Crippen LogP contribution is 2.31. The van der Waals surface area contributed by atoms with Crippen molar-refractivity contribution in [2.45, 2.75) is 25.4 Å². The van der Waals surface area contributed by atoms with Gasteiger partial charge in [-0.15, -0.1) is 0 Å². The Labute approximate surface area is 166 Å². The van der Waals surface area contributed by atoms with Crippen LogP contribution in [0.4, 0.5) is 4.79 Å². The SMILES string of the molecule is CC1(c2cccc(Cl)c2)NC(=O)N(Cc2nc(Cc3ccccc3)no2)C1=O. The lowest BCUT2D eigenvalue weighted by Gasteiger charge is -2.22. The summed E-state index contributed by atoms with van der Waals surface area (Å²) in [4.78, 5) is 30.8. The minimum Gasteiger partial charge on any atom is -0.337 e. The summed E-state index contributed by atoms with van der Waals surface area (Å²) >= 11 is 6.03. The normalized spacial score (nSPS) is 19.1. The summed E-state index contributed by atoms with van der Waals surface area (Å²) in [7, 11) is 0. The van der Waals surface area contributed by atoms with E-state index >= 15 is 0 Å². The highest BCUT2D eigenvalue weighted by Gasteiger charge is 2.49. The number of hydrogen-bond donors (Lipinski definition) is 1. The maximum Gasteiger partial charge on any atom is 0.325 e. The first-order chi connectivity index (χ1) is 13.5. The first-order valence-corrected chi connectivity index (χ1v) is 9.09. The molecule has 1 unspecified atom stereocenters. The van der Waals surface area contributed by atoms with E-state index in [-0.39, 0.29) is 12.4 Å². The van der Waals surface area contributed by atoms with Gasteiger partial charge in [0.2, 0.25) is 5.89 Å². The first kappa shape index (κ1) is 18.2. The summed E-state index contributed by atoms with van der Waals surface area (Å²) in [5, 5.41) is 7.15. The third-order valence-corrected chi connectivity index (χ3v) is 4.92. The molecule has 142 valence electrons. The van der Waals surface area contributed by atoms with Gasteiger partial charge in [0, 0.05) is 11.4 Å².